The summed E-state index contributed by atoms with van der Waals surface area (Å²) in [6.07, 6.45) is 16.7. The van der Waals surface area contributed by atoms with Gasteiger partial charge in [-0.2, -0.15) is 0 Å². The number of amides is 1. The fourth-order valence-corrected chi connectivity index (χ4v) is 5.19. The first-order valence-corrected chi connectivity index (χ1v) is 11.2. The first-order chi connectivity index (χ1) is 13.3. The molecule has 4 rings (SSSR count). The molecule has 1 unspecified atom stereocenters. The largest absolute Gasteiger partial charge is 0.338 e. The maximum Gasteiger partial charge on any atom is 0.225 e. The Morgan fingerprint density at radius 3 is 2.63 bits per heavy atom. The zero-order valence-corrected chi connectivity index (χ0v) is 16.7. The van der Waals surface area contributed by atoms with E-state index < -0.39 is 0 Å². The minimum absolute atomic E-state index is 0.278. The monoisotopic (exact) mass is 369 g/mol. The van der Waals surface area contributed by atoms with Crippen molar-refractivity contribution in [1.29, 1.82) is 0 Å². The van der Waals surface area contributed by atoms with Gasteiger partial charge in [0.2, 0.25) is 5.91 Å². The molecule has 148 valence electrons. The molecular weight excluding hydrogens is 334 g/mol. The number of rotatable bonds is 6. The van der Waals surface area contributed by atoms with Crippen LogP contribution in [0.5, 0.6) is 0 Å². The van der Waals surface area contributed by atoms with Crippen LogP contribution in [0.3, 0.4) is 0 Å². The Morgan fingerprint density at radius 2 is 1.93 bits per heavy atom. The van der Waals surface area contributed by atoms with Gasteiger partial charge in [0.05, 0.1) is 0 Å². The van der Waals surface area contributed by atoms with Crippen molar-refractivity contribution in [3.05, 3.63) is 30.1 Å². The molecule has 1 aromatic rings. The van der Waals surface area contributed by atoms with Crippen LogP contribution < -0.4 is 0 Å². The van der Waals surface area contributed by atoms with Crippen molar-refractivity contribution in [2.75, 3.05) is 19.6 Å². The van der Waals surface area contributed by atoms with Crippen molar-refractivity contribution in [2.24, 2.45) is 11.8 Å². The van der Waals surface area contributed by atoms with Crippen LogP contribution in [0.4, 0.5) is 0 Å². The molecule has 1 aromatic heterocycles. The van der Waals surface area contributed by atoms with E-state index in [-0.39, 0.29) is 5.92 Å². The zero-order valence-electron chi connectivity index (χ0n) is 16.7. The van der Waals surface area contributed by atoms with Crippen molar-refractivity contribution in [2.45, 2.75) is 76.8 Å². The number of carbonyl (C=O) groups is 1. The fraction of sp³-hybridized carbons (Fsp3) is 0.739. The maximum absolute atomic E-state index is 13.1. The van der Waals surface area contributed by atoms with Gasteiger partial charge in [-0.05, 0) is 62.6 Å². The van der Waals surface area contributed by atoms with Crippen molar-refractivity contribution >= 4 is 5.91 Å². The van der Waals surface area contributed by atoms with Gasteiger partial charge in [-0.3, -0.25) is 9.78 Å². The maximum atomic E-state index is 13.1. The molecule has 2 aliphatic carbocycles. The molecule has 27 heavy (non-hydrogen) atoms. The second-order valence-electron chi connectivity index (χ2n) is 9.00. The lowest BCUT2D eigenvalue weighted by atomic mass is 9.84. The lowest BCUT2D eigenvalue weighted by molar-refractivity contribution is -0.139. The Hall–Kier alpha value is -1.42. The number of nitrogens with zero attached hydrogens (tertiary/aromatic N) is 3. The highest BCUT2D eigenvalue weighted by molar-refractivity contribution is 5.79. The third kappa shape index (κ3) is 4.90. The third-order valence-electron chi connectivity index (χ3n) is 6.98. The summed E-state index contributed by atoms with van der Waals surface area (Å²) < 4.78 is 0. The summed E-state index contributed by atoms with van der Waals surface area (Å²) in [4.78, 5) is 22.2. The van der Waals surface area contributed by atoms with Crippen molar-refractivity contribution in [3.8, 4) is 0 Å². The average molecular weight is 370 g/mol. The van der Waals surface area contributed by atoms with Crippen molar-refractivity contribution in [1.82, 2.24) is 14.8 Å². The molecule has 0 bridgehead atoms. The lowest BCUT2D eigenvalue weighted by Crippen LogP contribution is -2.48. The Kier molecular flexibility index (Phi) is 6.43. The van der Waals surface area contributed by atoms with Crippen LogP contribution in [0.25, 0.3) is 0 Å². The highest BCUT2D eigenvalue weighted by atomic mass is 16.2. The Morgan fingerprint density at radius 1 is 1.07 bits per heavy atom. The lowest BCUT2D eigenvalue weighted by Gasteiger charge is -2.42. The van der Waals surface area contributed by atoms with E-state index in [2.05, 4.69) is 20.9 Å². The second-order valence-corrected chi connectivity index (χ2v) is 9.00. The van der Waals surface area contributed by atoms with Gasteiger partial charge in [-0.1, -0.05) is 31.7 Å². The summed E-state index contributed by atoms with van der Waals surface area (Å²) in [6, 6.07) is 4.88. The first-order valence-electron chi connectivity index (χ1n) is 11.2. The molecule has 1 atom stereocenters. The Balaban J connectivity index is 1.39. The van der Waals surface area contributed by atoms with Crippen LogP contribution in [-0.4, -0.2) is 46.4 Å². The Labute approximate surface area is 164 Å². The van der Waals surface area contributed by atoms with Gasteiger partial charge in [0.1, 0.15) is 0 Å². The highest BCUT2D eigenvalue weighted by Crippen LogP contribution is 2.31. The number of hydrogen-bond acceptors (Lipinski definition) is 3. The van der Waals surface area contributed by atoms with E-state index in [1.165, 1.54) is 64.5 Å². The summed E-state index contributed by atoms with van der Waals surface area (Å²) in [6.45, 7) is 4.10. The minimum atomic E-state index is 0.278. The second kappa shape index (κ2) is 9.18. The number of piperidine rings is 1. The van der Waals surface area contributed by atoms with Gasteiger partial charge in [0.15, 0.2) is 0 Å². The summed E-state index contributed by atoms with van der Waals surface area (Å²) in [5.74, 6) is 1.29. The number of likely N-dealkylation sites (tertiary alicyclic amines) is 1. The molecule has 3 aliphatic rings. The van der Waals surface area contributed by atoms with Crippen LogP contribution in [0.15, 0.2) is 24.5 Å². The van der Waals surface area contributed by atoms with Crippen LogP contribution in [0, 0.1) is 11.8 Å². The predicted molar refractivity (Wildman–Crippen MR) is 108 cm³/mol. The number of aromatic nitrogens is 1. The molecule has 0 aromatic carbocycles. The van der Waals surface area contributed by atoms with E-state index in [9.17, 15) is 4.79 Å². The standard InChI is InChI=1S/C23H35N3O/c27-23(21-9-4-10-21)26(16-19-7-5-13-24-15-19)18-20-8-6-14-25(17-20)22-11-2-1-3-12-22/h5,7,13,15,20-22H,1-4,6,8-12,14,16-18H2. The summed E-state index contributed by atoms with van der Waals surface area (Å²) >= 11 is 0. The number of hydrogen-bond donors (Lipinski definition) is 0. The fourth-order valence-electron chi connectivity index (χ4n) is 5.19. The highest BCUT2D eigenvalue weighted by Gasteiger charge is 2.33. The van der Waals surface area contributed by atoms with Gasteiger partial charge in [0, 0.05) is 44.0 Å². The SMILES string of the molecule is O=C(C1CCC1)N(Cc1cccnc1)CC1CCCN(C2CCCCC2)C1. The predicted octanol–water partition coefficient (Wildman–Crippen LogP) is 4.26. The van der Waals surface area contributed by atoms with Gasteiger partial charge < -0.3 is 9.80 Å². The quantitative estimate of drug-likeness (QED) is 0.752. The van der Waals surface area contributed by atoms with E-state index in [0.717, 1.165) is 37.5 Å². The van der Waals surface area contributed by atoms with Gasteiger partial charge in [-0.25, -0.2) is 0 Å². The van der Waals surface area contributed by atoms with E-state index >= 15 is 0 Å². The first kappa shape index (κ1) is 18.9. The van der Waals surface area contributed by atoms with Crippen LogP contribution >= 0.6 is 0 Å². The summed E-state index contributed by atoms with van der Waals surface area (Å²) in [7, 11) is 0. The Bertz CT molecular complexity index is 595. The van der Waals surface area contributed by atoms with Crippen molar-refractivity contribution in [3.63, 3.8) is 0 Å². The molecule has 1 aliphatic heterocycles. The number of pyridine rings is 1. The molecule has 2 saturated carbocycles. The molecule has 3 fully saturated rings. The minimum Gasteiger partial charge on any atom is -0.338 e. The van der Waals surface area contributed by atoms with E-state index in [4.69, 9.17) is 0 Å². The molecule has 0 radical (unpaired) electrons. The molecule has 4 heteroatoms. The topological polar surface area (TPSA) is 36.4 Å². The van der Waals surface area contributed by atoms with Crippen LogP contribution in [0.1, 0.15) is 69.8 Å². The molecule has 1 amide bonds. The molecule has 0 N–H and O–H groups in total. The molecular formula is C23H35N3O. The molecule has 4 nitrogen and oxygen atoms in total. The van der Waals surface area contributed by atoms with Gasteiger partial charge in [-0.15, -0.1) is 0 Å². The van der Waals surface area contributed by atoms with E-state index in [1.54, 1.807) is 0 Å². The van der Waals surface area contributed by atoms with Crippen LogP contribution in [0.2, 0.25) is 0 Å². The third-order valence-corrected chi connectivity index (χ3v) is 6.98. The molecule has 0 spiro atoms. The normalized spacial score (nSPS) is 25.1. The van der Waals surface area contributed by atoms with Gasteiger partial charge >= 0.3 is 0 Å². The smallest absolute Gasteiger partial charge is 0.225 e. The summed E-state index contributed by atoms with van der Waals surface area (Å²) in [5, 5.41) is 0. The van der Waals surface area contributed by atoms with E-state index in [1.807, 2.05) is 18.5 Å². The average Bonchev–Trinajstić information content (AvgIpc) is 2.68. The zero-order chi connectivity index (χ0) is 18.5. The number of carbonyl (C=O) groups excluding carboxylic acids is 1. The molecule has 2 heterocycles. The molecule has 1 saturated heterocycles. The summed E-state index contributed by atoms with van der Waals surface area (Å²) in [5.41, 5.74) is 1.16. The van der Waals surface area contributed by atoms with Crippen molar-refractivity contribution < 1.29 is 4.79 Å². The van der Waals surface area contributed by atoms with Crippen LogP contribution in [-0.2, 0) is 11.3 Å². The van der Waals surface area contributed by atoms with E-state index in [0.29, 0.717) is 11.8 Å². The van der Waals surface area contributed by atoms with Gasteiger partial charge in [0.25, 0.3) is 0 Å².